The van der Waals surface area contributed by atoms with Gasteiger partial charge in [0.05, 0.1) is 26.4 Å². The van der Waals surface area contributed by atoms with Crippen molar-refractivity contribution < 1.29 is 27.4 Å². The van der Waals surface area contributed by atoms with Crippen molar-refractivity contribution in [3.8, 4) is 17.2 Å². The summed E-state index contributed by atoms with van der Waals surface area (Å²) in [5.41, 5.74) is 0.707. The first-order valence-corrected chi connectivity index (χ1v) is 10.1. The van der Waals surface area contributed by atoms with E-state index < -0.39 is 15.9 Å². The van der Waals surface area contributed by atoms with Crippen molar-refractivity contribution in [1.82, 2.24) is 9.71 Å². The second kappa shape index (κ2) is 9.31. The molecule has 0 aliphatic rings. The molecule has 1 aromatic carbocycles. The van der Waals surface area contributed by atoms with Gasteiger partial charge in [0.25, 0.3) is 10.0 Å². The van der Waals surface area contributed by atoms with E-state index in [1.54, 1.807) is 12.1 Å². The first-order chi connectivity index (χ1) is 13.2. The molecular formula is C17H18Cl2N2O6S. The van der Waals surface area contributed by atoms with Gasteiger partial charge in [-0.3, -0.25) is 4.79 Å². The van der Waals surface area contributed by atoms with Crippen molar-refractivity contribution in [2.24, 2.45) is 0 Å². The van der Waals surface area contributed by atoms with Crippen LogP contribution in [0.2, 0.25) is 10.2 Å². The predicted octanol–water partition coefficient (Wildman–Crippen LogP) is 2.85. The van der Waals surface area contributed by atoms with Gasteiger partial charge in [-0.25, -0.2) is 18.1 Å². The number of amides is 1. The molecule has 28 heavy (non-hydrogen) atoms. The van der Waals surface area contributed by atoms with Crippen LogP contribution in [0.1, 0.15) is 12.0 Å². The topological polar surface area (TPSA) is 104 Å². The fourth-order valence-electron chi connectivity index (χ4n) is 2.35. The van der Waals surface area contributed by atoms with E-state index in [1.807, 2.05) is 4.72 Å². The Balaban J connectivity index is 2.10. The molecule has 0 saturated heterocycles. The lowest BCUT2D eigenvalue weighted by Crippen LogP contribution is -2.30. The van der Waals surface area contributed by atoms with E-state index in [0.29, 0.717) is 22.8 Å². The lowest BCUT2D eigenvalue weighted by molar-refractivity contribution is -0.119. The van der Waals surface area contributed by atoms with Crippen LogP contribution in [0.3, 0.4) is 0 Å². The minimum absolute atomic E-state index is 0.0330. The average Bonchev–Trinajstić information content (AvgIpc) is 2.66. The zero-order valence-corrected chi connectivity index (χ0v) is 17.6. The summed E-state index contributed by atoms with van der Waals surface area (Å²) in [5.74, 6) is 0.603. The van der Waals surface area contributed by atoms with Crippen LogP contribution in [-0.4, -0.2) is 40.6 Å². The summed E-state index contributed by atoms with van der Waals surface area (Å²) in [6, 6.07) is 4.49. The van der Waals surface area contributed by atoms with Gasteiger partial charge >= 0.3 is 0 Å². The predicted molar refractivity (Wildman–Crippen MR) is 104 cm³/mol. The highest BCUT2D eigenvalue weighted by Crippen LogP contribution is 2.38. The van der Waals surface area contributed by atoms with Gasteiger partial charge < -0.3 is 14.2 Å². The van der Waals surface area contributed by atoms with Crippen LogP contribution in [0, 0.1) is 0 Å². The number of ether oxygens (including phenoxy) is 3. The van der Waals surface area contributed by atoms with Crippen molar-refractivity contribution >= 4 is 39.1 Å². The summed E-state index contributed by atoms with van der Waals surface area (Å²) in [6.07, 6.45) is 1.17. The Labute approximate surface area is 172 Å². The van der Waals surface area contributed by atoms with E-state index in [1.165, 1.54) is 21.3 Å². The van der Waals surface area contributed by atoms with E-state index in [4.69, 9.17) is 37.4 Å². The largest absolute Gasteiger partial charge is 0.493 e. The number of pyridine rings is 1. The Kier molecular flexibility index (Phi) is 7.34. The molecule has 0 spiro atoms. The number of carbonyl (C=O) groups excluding carboxylic acids is 1. The Morgan fingerprint density at radius 1 is 1.07 bits per heavy atom. The molecule has 0 radical (unpaired) electrons. The molecule has 0 aliphatic heterocycles. The van der Waals surface area contributed by atoms with Crippen LogP contribution < -0.4 is 18.9 Å². The molecule has 1 heterocycles. The van der Waals surface area contributed by atoms with E-state index >= 15 is 0 Å². The smallest absolute Gasteiger partial charge is 0.265 e. The van der Waals surface area contributed by atoms with Crippen molar-refractivity contribution in [3.05, 3.63) is 40.1 Å². The molecule has 2 rings (SSSR count). The number of hydrogen-bond acceptors (Lipinski definition) is 7. The van der Waals surface area contributed by atoms with Crippen LogP contribution in [0.25, 0.3) is 0 Å². The third-order valence-electron chi connectivity index (χ3n) is 3.69. The molecule has 0 unspecified atom stereocenters. The van der Waals surface area contributed by atoms with Gasteiger partial charge in [-0.1, -0.05) is 23.2 Å². The SMILES string of the molecule is COc1cc(CCC(=O)NS(=O)(=O)c2cnc(Cl)c(Cl)c2)cc(OC)c1OC. The molecule has 8 nitrogen and oxygen atoms in total. The normalized spacial score (nSPS) is 11.0. The Morgan fingerprint density at radius 2 is 1.68 bits per heavy atom. The molecule has 0 fully saturated rings. The summed E-state index contributed by atoms with van der Waals surface area (Å²) in [7, 11) is 0.324. The highest BCUT2D eigenvalue weighted by Gasteiger charge is 2.20. The lowest BCUT2D eigenvalue weighted by atomic mass is 10.1. The maximum absolute atomic E-state index is 12.3. The lowest BCUT2D eigenvalue weighted by Gasteiger charge is -2.14. The van der Waals surface area contributed by atoms with Crippen LogP contribution in [0.15, 0.2) is 29.3 Å². The van der Waals surface area contributed by atoms with Crippen LogP contribution in [-0.2, 0) is 21.2 Å². The third-order valence-corrected chi connectivity index (χ3v) is 5.72. The number of rotatable bonds is 8. The third kappa shape index (κ3) is 5.18. The van der Waals surface area contributed by atoms with Gasteiger partial charge in [0.15, 0.2) is 11.5 Å². The van der Waals surface area contributed by atoms with Crippen LogP contribution >= 0.6 is 23.2 Å². The maximum atomic E-state index is 12.3. The van der Waals surface area contributed by atoms with Gasteiger partial charge in [-0.05, 0) is 30.2 Å². The number of halogens is 2. The van der Waals surface area contributed by atoms with Crippen LogP contribution in [0.5, 0.6) is 17.2 Å². The number of aryl methyl sites for hydroxylation is 1. The van der Waals surface area contributed by atoms with Crippen molar-refractivity contribution in [2.45, 2.75) is 17.7 Å². The molecule has 1 aromatic heterocycles. The zero-order chi connectivity index (χ0) is 20.9. The van der Waals surface area contributed by atoms with Gasteiger partial charge in [0.1, 0.15) is 10.0 Å². The molecule has 0 saturated carbocycles. The number of nitrogens with one attached hydrogen (secondary N) is 1. The number of benzene rings is 1. The molecule has 0 bridgehead atoms. The Hall–Kier alpha value is -2.23. The quantitative estimate of drug-likeness (QED) is 0.618. The highest BCUT2D eigenvalue weighted by atomic mass is 35.5. The molecule has 152 valence electrons. The standard InChI is InChI=1S/C17H18Cl2N2O6S/c1-25-13-6-10(7-14(26-2)16(13)27-3)4-5-15(22)21-28(23,24)11-8-12(18)17(19)20-9-11/h6-9H,4-5H2,1-3H3,(H,21,22). The zero-order valence-electron chi connectivity index (χ0n) is 15.3. The second-order valence-corrected chi connectivity index (χ2v) is 7.95. The molecule has 1 N–H and O–H groups in total. The maximum Gasteiger partial charge on any atom is 0.265 e. The van der Waals surface area contributed by atoms with Gasteiger partial charge in [-0.15, -0.1) is 0 Å². The molecular weight excluding hydrogens is 431 g/mol. The number of methoxy groups -OCH3 is 3. The number of carbonyl (C=O) groups is 1. The molecule has 1 amide bonds. The average molecular weight is 449 g/mol. The van der Waals surface area contributed by atoms with Crippen molar-refractivity contribution in [2.75, 3.05) is 21.3 Å². The monoisotopic (exact) mass is 448 g/mol. The van der Waals surface area contributed by atoms with Gasteiger partial charge in [-0.2, -0.15) is 0 Å². The molecule has 2 aromatic rings. The summed E-state index contributed by atoms with van der Waals surface area (Å²) in [4.78, 5) is 15.5. The molecule has 11 heteroatoms. The molecule has 0 aliphatic carbocycles. The first kappa shape index (κ1) is 22.1. The Morgan fingerprint density at radius 3 is 2.18 bits per heavy atom. The fraction of sp³-hybridized carbons (Fsp3) is 0.294. The van der Waals surface area contributed by atoms with Crippen LogP contribution in [0.4, 0.5) is 0 Å². The first-order valence-electron chi connectivity index (χ1n) is 7.87. The van der Waals surface area contributed by atoms with E-state index in [0.717, 1.165) is 12.3 Å². The Bertz CT molecular complexity index is 957. The van der Waals surface area contributed by atoms with E-state index in [9.17, 15) is 13.2 Å². The fourth-order valence-corrected chi connectivity index (χ4v) is 3.67. The number of aromatic nitrogens is 1. The summed E-state index contributed by atoms with van der Waals surface area (Å²) < 4.78 is 42.3. The van der Waals surface area contributed by atoms with Gasteiger partial charge in [0, 0.05) is 12.6 Å². The highest BCUT2D eigenvalue weighted by molar-refractivity contribution is 7.90. The van der Waals surface area contributed by atoms with E-state index in [2.05, 4.69) is 4.98 Å². The van der Waals surface area contributed by atoms with E-state index in [-0.39, 0.29) is 27.9 Å². The summed E-state index contributed by atoms with van der Waals surface area (Å²) in [5, 5.41) is -0.0660. The van der Waals surface area contributed by atoms with Crippen molar-refractivity contribution in [3.63, 3.8) is 0 Å². The summed E-state index contributed by atoms with van der Waals surface area (Å²) in [6.45, 7) is 0. The number of sulfonamides is 1. The minimum Gasteiger partial charge on any atom is -0.493 e. The number of hydrogen-bond donors (Lipinski definition) is 1. The number of nitrogens with zero attached hydrogens (tertiary/aromatic N) is 1. The molecule has 0 atom stereocenters. The van der Waals surface area contributed by atoms with Gasteiger partial charge in [0.2, 0.25) is 11.7 Å². The summed E-state index contributed by atoms with van der Waals surface area (Å²) >= 11 is 11.4. The second-order valence-electron chi connectivity index (χ2n) is 5.51. The van der Waals surface area contributed by atoms with Crippen molar-refractivity contribution in [1.29, 1.82) is 0 Å². The minimum atomic E-state index is -4.11.